The van der Waals surface area contributed by atoms with Crippen molar-refractivity contribution < 1.29 is 9.53 Å². The van der Waals surface area contributed by atoms with Crippen LogP contribution in [0.25, 0.3) is 0 Å². The second-order valence-corrected chi connectivity index (χ2v) is 5.83. The van der Waals surface area contributed by atoms with Gasteiger partial charge in [-0.3, -0.25) is 4.79 Å². The molecule has 0 N–H and O–H groups in total. The number of amides is 1. The van der Waals surface area contributed by atoms with E-state index in [9.17, 15) is 4.79 Å². The van der Waals surface area contributed by atoms with Gasteiger partial charge in [-0.15, -0.1) is 0 Å². The highest BCUT2D eigenvalue weighted by molar-refractivity contribution is 5.78. The summed E-state index contributed by atoms with van der Waals surface area (Å²) in [4.78, 5) is 13.8. The summed E-state index contributed by atoms with van der Waals surface area (Å²) in [5.74, 6) is 0.975. The second-order valence-electron chi connectivity index (χ2n) is 5.83. The Kier molecular flexibility index (Phi) is 5.48. The summed E-state index contributed by atoms with van der Waals surface area (Å²) >= 11 is 0. The number of ether oxygens (including phenoxy) is 1. The van der Waals surface area contributed by atoms with E-state index >= 15 is 0 Å². The Balaban J connectivity index is 1.61. The standard InChI is InChI=1S/C15H27NO2/c1-2-9-16-12-13(11-15(16)17)6-5-8-14-7-3-4-10-18-14/h13-14H,2-12H2,1H3. The van der Waals surface area contributed by atoms with Crippen LogP contribution < -0.4 is 0 Å². The number of hydrogen-bond acceptors (Lipinski definition) is 2. The molecule has 0 aromatic rings. The molecule has 104 valence electrons. The summed E-state index contributed by atoms with van der Waals surface area (Å²) < 4.78 is 5.75. The third kappa shape index (κ3) is 3.98. The Bertz CT molecular complexity index is 261. The van der Waals surface area contributed by atoms with Gasteiger partial charge in [-0.1, -0.05) is 13.3 Å². The molecule has 2 aliphatic heterocycles. The van der Waals surface area contributed by atoms with E-state index in [2.05, 4.69) is 6.92 Å². The number of nitrogens with zero attached hydrogens (tertiary/aromatic N) is 1. The predicted molar refractivity (Wildman–Crippen MR) is 72.4 cm³/mol. The molecule has 2 fully saturated rings. The fraction of sp³-hybridized carbons (Fsp3) is 0.933. The normalized spacial score (nSPS) is 28.9. The van der Waals surface area contributed by atoms with Crippen LogP contribution in [0.4, 0.5) is 0 Å². The SMILES string of the molecule is CCCN1CC(CCCC2CCCCO2)CC1=O. The molecule has 0 aromatic heterocycles. The number of likely N-dealkylation sites (tertiary alicyclic amines) is 1. The third-order valence-electron chi connectivity index (χ3n) is 4.20. The van der Waals surface area contributed by atoms with Crippen molar-refractivity contribution in [3.05, 3.63) is 0 Å². The van der Waals surface area contributed by atoms with Gasteiger partial charge in [0.15, 0.2) is 0 Å². The van der Waals surface area contributed by atoms with E-state index in [1.807, 2.05) is 4.90 Å². The fourth-order valence-corrected chi connectivity index (χ4v) is 3.20. The van der Waals surface area contributed by atoms with Gasteiger partial charge in [-0.05, 0) is 44.4 Å². The maximum Gasteiger partial charge on any atom is 0.222 e. The number of rotatable bonds is 6. The zero-order chi connectivity index (χ0) is 12.8. The van der Waals surface area contributed by atoms with Crippen molar-refractivity contribution in [1.29, 1.82) is 0 Å². The minimum atomic E-state index is 0.371. The van der Waals surface area contributed by atoms with E-state index in [-0.39, 0.29) is 0 Å². The minimum absolute atomic E-state index is 0.371. The number of hydrogen-bond donors (Lipinski definition) is 0. The summed E-state index contributed by atoms with van der Waals surface area (Å²) in [6.45, 7) is 5.04. The van der Waals surface area contributed by atoms with Crippen LogP contribution in [0.3, 0.4) is 0 Å². The highest BCUT2D eigenvalue weighted by atomic mass is 16.5. The van der Waals surface area contributed by atoms with Crippen LogP contribution in [0, 0.1) is 5.92 Å². The molecule has 2 unspecified atom stereocenters. The fourth-order valence-electron chi connectivity index (χ4n) is 3.20. The van der Waals surface area contributed by atoms with Crippen molar-refractivity contribution in [2.45, 2.75) is 64.4 Å². The van der Waals surface area contributed by atoms with Crippen LogP contribution in [0.2, 0.25) is 0 Å². The molecule has 0 spiro atoms. The molecule has 2 atom stereocenters. The van der Waals surface area contributed by atoms with Crippen LogP contribution in [0.5, 0.6) is 0 Å². The van der Waals surface area contributed by atoms with E-state index in [1.54, 1.807) is 0 Å². The highest BCUT2D eigenvalue weighted by Gasteiger charge is 2.28. The first-order valence-electron chi connectivity index (χ1n) is 7.69. The van der Waals surface area contributed by atoms with E-state index in [1.165, 1.54) is 38.5 Å². The lowest BCUT2D eigenvalue weighted by Gasteiger charge is -2.23. The Hall–Kier alpha value is -0.570. The molecule has 0 aromatic carbocycles. The minimum Gasteiger partial charge on any atom is -0.378 e. The van der Waals surface area contributed by atoms with Crippen LogP contribution in [-0.4, -0.2) is 36.6 Å². The first-order valence-corrected chi connectivity index (χ1v) is 7.69. The lowest BCUT2D eigenvalue weighted by Crippen LogP contribution is -2.25. The summed E-state index contributed by atoms with van der Waals surface area (Å²) in [7, 11) is 0. The molecule has 0 radical (unpaired) electrons. The average molecular weight is 253 g/mol. The molecule has 2 heterocycles. The van der Waals surface area contributed by atoms with Crippen LogP contribution in [0.1, 0.15) is 58.3 Å². The molecule has 0 saturated carbocycles. The van der Waals surface area contributed by atoms with Crippen LogP contribution in [-0.2, 0) is 9.53 Å². The van der Waals surface area contributed by atoms with Crippen LogP contribution in [0.15, 0.2) is 0 Å². The molecule has 3 heteroatoms. The van der Waals surface area contributed by atoms with Gasteiger partial charge in [0.1, 0.15) is 0 Å². The summed E-state index contributed by atoms with van der Waals surface area (Å²) in [6.07, 6.45) is 9.79. The highest BCUT2D eigenvalue weighted by Crippen LogP contribution is 2.25. The molecule has 2 aliphatic rings. The van der Waals surface area contributed by atoms with Crippen molar-refractivity contribution in [2.24, 2.45) is 5.92 Å². The summed E-state index contributed by atoms with van der Waals surface area (Å²) in [5.41, 5.74) is 0. The molecule has 18 heavy (non-hydrogen) atoms. The molecular formula is C15H27NO2. The average Bonchev–Trinajstić information content (AvgIpc) is 2.72. The van der Waals surface area contributed by atoms with Crippen molar-refractivity contribution in [3.63, 3.8) is 0 Å². The topological polar surface area (TPSA) is 29.5 Å². The zero-order valence-electron chi connectivity index (χ0n) is 11.7. The van der Waals surface area contributed by atoms with Crippen molar-refractivity contribution in [3.8, 4) is 0 Å². The lowest BCUT2D eigenvalue weighted by atomic mass is 9.97. The molecule has 0 bridgehead atoms. The van der Waals surface area contributed by atoms with Gasteiger partial charge in [0.25, 0.3) is 0 Å². The molecule has 0 aliphatic carbocycles. The molecule has 2 rings (SSSR count). The van der Waals surface area contributed by atoms with Gasteiger partial charge in [0.2, 0.25) is 5.91 Å². The summed E-state index contributed by atoms with van der Waals surface area (Å²) in [5, 5.41) is 0. The lowest BCUT2D eigenvalue weighted by molar-refractivity contribution is -0.127. The monoisotopic (exact) mass is 253 g/mol. The van der Waals surface area contributed by atoms with Gasteiger partial charge in [-0.25, -0.2) is 0 Å². The Morgan fingerprint density at radius 1 is 1.33 bits per heavy atom. The van der Waals surface area contributed by atoms with Crippen molar-refractivity contribution >= 4 is 5.91 Å². The van der Waals surface area contributed by atoms with Crippen molar-refractivity contribution in [1.82, 2.24) is 4.90 Å². The smallest absolute Gasteiger partial charge is 0.222 e. The van der Waals surface area contributed by atoms with E-state index in [0.717, 1.165) is 32.5 Å². The molecular weight excluding hydrogens is 226 g/mol. The van der Waals surface area contributed by atoms with E-state index in [4.69, 9.17) is 4.74 Å². The molecule has 1 amide bonds. The first-order chi connectivity index (χ1) is 8.79. The third-order valence-corrected chi connectivity index (χ3v) is 4.20. The van der Waals surface area contributed by atoms with Gasteiger partial charge in [-0.2, -0.15) is 0 Å². The largest absolute Gasteiger partial charge is 0.378 e. The Labute approximate surface area is 111 Å². The van der Waals surface area contributed by atoms with Crippen molar-refractivity contribution in [2.75, 3.05) is 19.7 Å². The van der Waals surface area contributed by atoms with Gasteiger partial charge in [0, 0.05) is 26.1 Å². The second kappa shape index (κ2) is 7.13. The summed E-state index contributed by atoms with van der Waals surface area (Å²) in [6, 6.07) is 0. The van der Waals surface area contributed by atoms with Gasteiger partial charge < -0.3 is 9.64 Å². The zero-order valence-corrected chi connectivity index (χ0v) is 11.7. The first kappa shape index (κ1) is 13.9. The molecule has 2 saturated heterocycles. The van der Waals surface area contributed by atoms with Crippen LogP contribution >= 0.6 is 0 Å². The predicted octanol–water partition coefficient (Wildman–Crippen LogP) is 2.98. The quantitative estimate of drug-likeness (QED) is 0.728. The van der Waals surface area contributed by atoms with E-state index < -0.39 is 0 Å². The number of carbonyl (C=O) groups excluding carboxylic acids is 1. The Morgan fingerprint density at radius 2 is 2.22 bits per heavy atom. The Morgan fingerprint density at radius 3 is 2.94 bits per heavy atom. The maximum absolute atomic E-state index is 11.7. The van der Waals surface area contributed by atoms with Gasteiger partial charge >= 0.3 is 0 Å². The number of carbonyl (C=O) groups is 1. The maximum atomic E-state index is 11.7. The molecule has 3 nitrogen and oxygen atoms in total. The van der Waals surface area contributed by atoms with E-state index in [0.29, 0.717) is 17.9 Å². The van der Waals surface area contributed by atoms with Gasteiger partial charge in [0.05, 0.1) is 6.10 Å².